The molecule has 0 amide bonds. The van der Waals surface area contributed by atoms with E-state index in [1.807, 2.05) is 0 Å². The van der Waals surface area contributed by atoms with Gasteiger partial charge >= 0.3 is 0 Å². The van der Waals surface area contributed by atoms with Crippen LogP contribution in [0.5, 0.6) is 0 Å². The smallest absolute Gasteiger partial charge is 0.129 e. The van der Waals surface area contributed by atoms with Crippen LogP contribution < -0.4 is 11.1 Å². The van der Waals surface area contributed by atoms with E-state index in [0.29, 0.717) is 18.5 Å². The highest BCUT2D eigenvalue weighted by Crippen LogP contribution is 2.30. The van der Waals surface area contributed by atoms with Crippen LogP contribution in [0.1, 0.15) is 18.4 Å². The van der Waals surface area contributed by atoms with Crippen molar-refractivity contribution in [2.45, 2.75) is 24.8 Å². The second-order valence-electron chi connectivity index (χ2n) is 4.52. The lowest BCUT2D eigenvalue weighted by atomic mass is 10.1. The summed E-state index contributed by atoms with van der Waals surface area (Å²) in [6.45, 7) is 1.44. The Bertz CT molecular complexity index is 375. The van der Waals surface area contributed by atoms with E-state index in [2.05, 4.69) is 5.32 Å². The molecule has 2 nitrogen and oxygen atoms in total. The van der Waals surface area contributed by atoms with Crippen molar-refractivity contribution in [3.8, 4) is 0 Å². The van der Waals surface area contributed by atoms with Crippen molar-refractivity contribution >= 4 is 0 Å². The summed E-state index contributed by atoms with van der Waals surface area (Å²) in [5, 5.41) is 3.19. The maximum absolute atomic E-state index is 13.2. The van der Waals surface area contributed by atoms with Crippen LogP contribution in [0.2, 0.25) is 0 Å². The van der Waals surface area contributed by atoms with Crippen LogP contribution >= 0.6 is 0 Å². The van der Waals surface area contributed by atoms with Gasteiger partial charge in [0.15, 0.2) is 0 Å². The van der Waals surface area contributed by atoms with Crippen LogP contribution in [0.4, 0.5) is 8.78 Å². The van der Waals surface area contributed by atoms with Crippen LogP contribution in [0.15, 0.2) is 18.2 Å². The molecule has 88 valence electrons. The number of benzene rings is 1. The SMILES string of the molecule is NC1(CNCCc2ccc(F)cc2F)CC1. The molecule has 0 saturated heterocycles. The fraction of sp³-hybridized carbons (Fsp3) is 0.500. The van der Waals surface area contributed by atoms with Gasteiger partial charge in [-0.05, 0) is 37.4 Å². The van der Waals surface area contributed by atoms with E-state index in [9.17, 15) is 8.78 Å². The summed E-state index contributed by atoms with van der Waals surface area (Å²) < 4.78 is 25.9. The van der Waals surface area contributed by atoms with E-state index in [0.717, 1.165) is 25.5 Å². The third-order valence-electron chi connectivity index (χ3n) is 2.96. The quantitative estimate of drug-likeness (QED) is 0.748. The normalized spacial score (nSPS) is 17.4. The van der Waals surface area contributed by atoms with E-state index in [-0.39, 0.29) is 5.54 Å². The Kier molecular flexibility index (Phi) is 3.21. The molecule has 0 aliphatic heterocycles. The average Bonchev–Trinajstić information content (AvgIpc) is 2.94. The Balaban J connectivity index is 1.76. The standard InChI is InChI=1S/C12H16F2N2/c13-10-2-1-9(11(14)7-10)3-6-16-8-12(15)4-5-12/h1-2,7,16H,3-6,8,15H2. The molecular formula is C12H16F2N2. The molecule has 1 fully saturated rings. The molecule has 0 atom stereocenters. The van der Waals surface area contributed by atoms with Gasteiger partial charge in [-0.25, -0.2) is 8.78 Å². The van der Waals surface area contributed by atoms with Crippen molar-refractivity contribution < 1.29 is 8.78 Å². The lowest BCUT2D eigenvalue weighted by molar-refractivity contribution is 0.550. The summed E-state index contributed by atoms with van der Waals surface area (Å²) in [4.78, 5) is 0. The van der Waals surface area contributed by atoms with Crippen LogP contribution in [0.3, 0.4) is 0 Å². The Labute approximate surface area is 93.8 Å². The number of hydrogen-bond donors (Lipinski definition) is 2. The summed E-state index contributed by atoms with van der Waals surface area (Å²) in [7, 11) is 0. The molecule has 1 aromatic carbocycles. The first kappa shape index (κ1) is 11.5. The van der Waals surface area contributed by atoms with E-state index >= 15 is 0 Å². The lowest BCUT2D eigenvalue weighted by Gasteiger charge is -2.10. The second-order valence-corrected chi connectivity index (χ2v) is 4.52. The Morgan fingerprint density at radius 1 is 1.31 bits per heavy atom. The first-order valence-electron chi connectivity index (χ1n) is 5.53. The third kappa shape index (κ3) is 3.00. The van der Waals surface area contributed by atoms with Crippen molar-refractivity contribution in [1.82, 2.24) is 5.32 Å². The van der Waals surface area contributed by atoms with Gasteiger partial charge in [0.05, 0.1) is 0 Å². The number of hydrogen-bond acceptors (Lipinski definition) is 2. The molecule has 3 N–H and O–H groups in total. The van der Waals surface area contributed by atoms with Gasteiger partial charge in [-0.3, -0.25) is 0 Å². The first-order valence-corrected chi connectivity index (χ1v) is 5.53. The van der Waals surface area contributed by atoms with Crippen LogP contribution in [0.25, 0.3) is 0 Å². The Morgan fingerprint density at radius 2 is 2.06 bits per heavy atom. The summed E-state index contributed by atoms with van der Waals surface area (Å²) in [6.07, 6.45) is 2.68. The summed E-state index contributed by atoms with van der Waals surface area (Å²) in [5.41, 5.74) is 6.40. The predicted molar refractivity (Wildman–Crippen MR) is 59.1 cm³/mol. The molecule has 0 aromatic heterocycles. The number of rotatable bonds is 5. The summed E-state index contributed by atoms with van der Waals surface area (Å²) in [6, 6.07) is 3.69. The zero-order valence-electron chi connectivity index (χ0n) is 9.10. The molecule has 2 rings (SSSR count). The minimum Gasteiger partial charge on any atom is -0.324 e. The van der Waals surface area contributed by atoms with Gasteiger partial charge in [0.1, 0.15) is 11.6 Å². The first-order chi connectivity index (χ1) is 7.59. The van der Waals surface area contributed by atoms with Crippen LogP contribution in [-0.2, 0) is 6.42 Å². The number of halogens is 2. The molecule has 1 aliphatic rings. The van der Waals surface area contributed by atoms with Gasteiger partial charge in [0, 0.05) is 18.2 Å². The van der Waals surface area contributed by atoms with E-state index in [1.165, 1.54) is 12.1 Å². The molecule has 0 unspecified atom stereocenters. The summed E-state index contributed by atoms with van der Waals surface area (Å²) in [5.74, 6) is -1.01. The highest BCUT2D eigenvalue weighted by Gasteiger charge is 2.37. The molecule has 1 aromatic rings. The fourth-order valence-corrected chi connectivity index (χ4v) is 1.62. The lowest BCUT2D eigenvalue weighted by Crippen LogP contribution is -2.36. The van der Waals surface area contributed by atoms with Crippen molar-refractivity contribution in [3.05, 3.63) is 35.4 Å². The number of nitrogens with one attached hydrogen (secondary N) is 1. The molecular weight excluding hydrogens is 210 g/mol. The van der Waals surface area contributed by atoms with Gasteiger partial charge in [-0.1, -0.05) is 6.07 Å². The van der Waals surface area contributed by atoms with E-state index in [1.54, 1.807) is 0 Å². The molecule has 4 heteroatoms. The molecule has 1 saturated carbocycles. The topological polar surface area (TPSA) is 38.0 Å². The minimum absolute atomic E-state index is 0.0264. The molecule has 16 heavy (non-hydrogen) atoms. The van der Waals surface area contributed by atoms with Crippen LogP contribution in [0, 0.1) is 11.6 Å². The molecule has 0 bridgehead atoms. The van der Waals surface area contributed by atoms with Gasteiger partial charge in [0.2, 0.25) is 0 Å². The third-order valence-corrected chi connectivity index (χ3v) is 2.96. The van der Waals surface area contributed by atoms with Gasteiger partial charge in [-0.2, -0.15) is 0 Å². The Morgan fingerprint density at radius 3 is 2.69 bits per heavy atom. The van der Waals surface area contributed by atoms with Gasteiger partial charge < -0.3 is 11.1 Å². The monoisotopic (exact) mass is 226 g/mol. The van der Waals surface area contributed by atoms with Gasteiger partial charge in [0.25, 0.3) is 0 Å². The van der Waals surface area contributed by atoms with Crippen molar-refractivity contribution in [1.29, 1.82) is 0 Å². The van der Waals surface area contributed by atoms with Crippen molar-refractivity contribution in [3.63, 3.8) is 0 Å². The maximum Gasteiger partial charge on any atom is 0.129 e. The minimum atomic E-state index is -0.534. The fourth-order valence-electron chi connectivity index (χ4n) is 1.62. The number of nitrogens with two attached hydrogens (primary N) is 1. The summed E-state index contributed by atoms with van der Waals surface area (Å²) >= 11 is 0. The predicted octanol–water partition coefficient (Wildman–Crippen LogP) is 1.59. The molecule has 0 heterocycles. The average molecular weight is 226 g/mol. The van der Waals surface area contributed by atoms with Crippen molar-refractivity contribution in [2.24, 2.45) is 5.73 Å². The zero-order chi connectivity index (χ0) is 11.6. The largest absolute Gasteiger partial charge is 0.324 e. The van der Waals surface area contributed by atoms with Crippen LogP contribution in [-0.4, -0.2) is 18.6 Å². The van der Waals surface area contributed by atoms with Crippen molar-refractivity contribution in [2.75, 3.05) is 13.1 Å². The van der Waals surface area contributed by atoms with Gasteiger partial charge in [-0.15, -0.1) is 0 Å². The van der Waals surface area contributed by atoms with E-state index in [4.69, 9.17) is 5.73 Å². The molecule has 1 aliphatic carbocycles. The molecule has 0 spiro atoms. The Hall–Kier alpha value is -1.00. The maximum atomic E-state index is 13.2. The highest BCUT2D eigenvalue weighted by atomic mass is 19.1. The molecule has 0 radical (unpaired) electrons. The highest BCUT2D eigenvalue weighted by molar-refractivity contribution is 5.18. The second kappa shape index (κ2) is 4.47. The van der Waals surface area contributed by atoms with E-state index < -0.39 is 11.6 Å². The zero-order valence-corrected chi connectivity index (χ0v) is 9.10.